The summed E-state index contributed by atoms with van der Waals surface area (Å²) in [6.07, 6.45) is 6.10. The molecule has 0 radical (unpaired) electrons. The van der Waals surface area contributed by atoms with E-state index in [1.807, 2.05) is 56.3 Å². The van der Waals surface area contributed by atoms with Gasteiger partial charge in [0.25, 0.3) is 5.54 Å². The summed E-state index contributed by atoms with van der Waals surface area (Å²) in [6.45, 7) is 10.4. The maximum absolute atomic E-state index is 13.2. The van der Waals surface area contributed by atoms with Gasteiger partial charge in [0.05, 0.1) is 7.05 Å². The zero-order chi connectivity index (χ0) is 20.0. The fourth-order valence-electron chi connectivity index (χ4n) is 3.66. The number of benzene rings is 1. The van der Waals surface area contributed by atoms with Gasteiger partial charge < -0.3 is 5.21 Å². The third-order valence-corrected chi connectivity index (χ3v) is 6.26. The van der Waals surface area contributed by atoms with Gasteiger partial charge in [0.2, 0.25) is 0 Å². The Morgan fingerprint density at radius 2 is 1.70 bits per heavy atom. The summed E-state index contributed by atoms with van der Waals surface area (Å²) in [4.78, 5) is 0. The Kier molecular flexibility index (Phi) is 4.91. The van der Waals surface area contributed by atoms with Gasteiger partial charge in [-0.2, -0.15) is 0 Å². The Morgan fingerprint density at radius 3 is 2.22 bits per heavy atom. The summed E-state index contributed by atoms with van der Waals surface area (Å²) in [7, 11) is 1.91. The van der Waals surface area contributed by atoms with E-state index in [1.165, 1.54) is 11.1 Å². The maximum Gasteiger partial charge on any atom is 0.501 e. The quantitative estimate of drug-likeness (QED) is 0.474. The summed E-state index contributed by atoms with van der Waals surface area (Å²) in [6, 6.07) is 8.61. The topological polar surface area (TPSA) is 59.5 Å². The molecular formula is C21H32N4O2+2. The first kappa shape index (κ1) is 19.6. The van der Waals surface area contributed by atoms with Crippen molar-refractivity contribution in [2.45, 2.75) is 65.1 Å². The van der Waals surface area contributed by atoms with Crippen LogP contribution < -0.4 is 9.63 Å². The molecule has 146 valence electrons. The number of aryl methyl sites for hydroxylation is 2. The van der Waals surface area contributed by atoms with E-state index in [1.54, 1.807) is 0 Å². The van der Waals surface area contributed by atoms with E-state index in [-0.39, 0.29) is 5.06 Å². The van der Waals surface area contributed by atoms with Gasteiger partial charge in [0.15, 0.2) is 5.54 Å². The molecule has 1 atom stereocenters. The highest BCUT2D eigenvalue weighted by atomic mass is 16.5. The fraction of sp³-hybridized carbons (Fsp3) is 0.524. The molecule has 2 heterocycles. The number of hydrogen-bond acceptors (Lipinski definition) is 2. The van der Waals surface area contributed by atoms with Gasteiger partial charge in [-0.25, -0.2) is 9.13 Å². The number of hydrogen-bond donors (Lipinski definition) is 2. The lowest BCUT2D eigenvalue weighted by Gasteiger charge is -2.32. The lowest BCUT2D eigenvalue weighted by atomic mass is 9.84. The fourth-order valence-corrected chi connectivity index (χ4v) is 3.66. The Bertz CT molecular complexity index is 863. The second-order valence-corrected chi connectivity index (χ2v) is 8.60. The van der Waals surface area contributed by atoms with Gasteiger partial charge in [-0.1, -0.05) is 37.6 Å². The van der Waals surface area contributed by atoms with E-state index >= 15 is 0 Å². The van der Waals surface area contributed by atoms with Crippen molar-refractivity contribution in [3.8, 4) is 0 Å². The molecule has 1 aromatic carbocycles. The molecule has 0 spiro atoms. The van der Waals surface area contributed by atoms with Crippen molar-refractivity contribution >= 4 is 5.84 Å². The van der Waals surface area contributed by atoms with Crippen LogP contribution in [0.3, 0.4) is 0 Å². The molecule has 3 rings (SSSR count). The number of hydroxylamine groups is 3. The number of imidazole rings is 1. The van der Waals surface area contributed by atoms with Crippen LogP contribution in [0.1, 0.15) is 58.0 Å². The zero-order valence-corrected chi connectivity index (χ0v) is 17.3. The van der Waals surface area contributed by atoms with E-state index in [0.717, 1.165) is 23.4 Å². The molecule has 0 aliphatic carbocycles. The molecule has 1 aliphatic heterocycles. The van der Waals surface area contributed by atoms with Crippen molar-refractivity contribution in [2.75, 3.05) is 0 Å². The second-order valence-electron chi connectivity index (χ2n) is 8.60. The molecule has 27 heavy (non-hydrogen) atoms. The summed E-state index contributed by atoms with van der Waals surface area (Å²) >= 11 is 0. The molecule has 2 N–H and O–H groups in total. The second kappa shape index (κ2) is 6.77. The number of rotatable bonds is 5. The van der Waals surface area contributed by atoms with Gasteiger partial charge in [0.1, 0.15) is 18.9 Å². The molecule has 1 aromatic heterocycles. The lowest BCUT2D eigenvalue weighted by molar-refractivity contribution is -0.822. The monoisotopic (exact) mass is 372 g/mol. The highest BCUT2D eigenvalue weighted by Crippen LogP contribution is 2.26. The van der Waals surface area contributed by atoms with Gasteiger partial charge in [-0.15, -0.1) is 0 Å². The van der Waals surface area contributed by atoms with Crippen molar-refractivity contribution < 1.29 is 19.6 Å². The summed E-state index contributed by atoms with van der Waals surface area (Å²) in [5.74, 6) is 1.08. The molecule has 0 saturated carbocycles. The van der Waals surface area contributed by atoms with Crippen molar-refractivity contribution in [1.82, 2.24) is 4.57 Å². The van der Waals surface area contributed by atoms with Gasteiger partial charge in [0, 0.05) is 18.6 Å². The number of quaternary nitrogens is 1. The van der Waals surface area contributed by atoms with E-state index in [9.17, 15) is 10.4 Å². The third kappa shape index (κ3) is 3.07. The predicted molar refractivity (Wildman–Crippen MR) is 104 cm³/mol. The van der Waals surface area contributed by atoms with Crippen molar-refractivity contribution in [2.24, 2.45) is 7.05 Å². The molecule has 1 unspecified atom stereocenters. The number of nitrogens with zero attached hydrogens (tertiary/aromatic N) is 3. The van der Waals surface area contributed by atoms with E-state index < -0.39 is 11.1 Å². The average Bonchev–Trinajstić information content (AvgIpc) is 3.01. The largest absolute Gasteiger partial charge is 0.624 e. The van der Waals surface area contributed by atoms with Gasteiger partial charge >= 0.3 is 11.7 Å². The standard InChI is InChI=1S/C21H32N4O2/c1-7-8-16-9-11-17(12-10-16)15-23-14-13-22(6)18(23)19-24(26)20(2,3)21(4,5)25(19)27/h9-14,24,27H,7-8,15H2,1-6H3/q+2. The molecule has 1 aliphatic rings. The minimum Gasteiger partial charge on any atom is -0.624 e. The molecule has 6 heteroatoms. The summed E-state index contributed by atoms with van der Waals surface area (Å²) in [5.41, 5.74) is 1.15. The van der Waals surface area contributed by atoms with Crippen LogP contribution in [0.4, 0.5) is 0 Å². The highest BCUT2D eigenvalue weighted by molar-refractivity contribution is 5.84. The van der Waals surface area contributed by atoms with Crippen molar-refractivity contribution in [3.63, 3.8) is 0 Å². The Morgan fingerprint density at radius 1 is 1.11 bits per heavy atom. The SMILES string of the molecule is CCCc1ccc(Cn2cc[n+](C)c2C2=[N+](O)C(C)(C)C(C)(C)[NH+]2[O-])cc1. The molecule has 6 nitrogen and oxygen atoms in total. The lowest BCUT2D eigenvalue weighted by Crippen LogP contribution is -3.17. The smallest absolute Gasteiger partial charge is 0.501 e. The van der Waals surface area contributed by atoms with E-state index in [4.69, 9.17) is 0 Å². The normalized spacial score (nSPS) is 21.1. The van der Waals surface area contributed by atoms with Crippen LogP contribution in [-0.2, 0) is 20.0 Å². The molecular weight excluding hydrogens is 340 g/mol. The molecule has 0 amide bonds. The molecule has 2 aromatic rings. The highest BCUT2D eigenvalue weighted by Gasteiger charge is 2.66. The zero-order valence-electron chi connectivity index (χ0n) is 17.3. The summed E-state index contributed by atoms with van der Waals surface area (Å²) in [5, 5.41) is 24.0. The molecule has 0 saturated heterocycles. The van der Waals surface area contributed by atoms with Gasteiger partial charge in [-0.3, -0.25) is 10.3 Å². The van der Waals surface area contributed by atoms with Crippen LogP contribution in [0.15, 0.2) is 36.7 Å². The van der Waals surface area contributed by atoms with Gasteiger partial charge in [-0.05, 0) is 31.4 Å². The number of amidine groups is 1. The first-order valence-corrected chi connectivity index (χ1v) is 9.65. The Hall–Kier alpha value is -2.18. The predicted octanol–water partition coefficient (Wildman–Crippen LogP) is 1.42. The Labute approximate surface area is 161 Å². The van der Waals surface area contributed by atoms with Crippen molar-refractivity contribution in [3.05, 3.63) is 58.8 Å². The number of nitrogens with one attached hydrogen (secondary N) is 1. The van der Waals surface area contributed by atoms with Crippen LogP contribution >= 0.6 is 0 Å². The molecule has 0 bridgehead atoms. The number of aromatic nitrogens is 2. The maximum atomic E-state index is 13.2. The Balaban J connectivity index is 2.00. The average molecular weight is 373 g/mol. The first-order chi connectivity index (χ1) is 12.6. The van der Waals surface area contributed by atoms with Crippen LogP contribution in [0.25, 0.3) is 0 Å². The van der Waals surface area contributed by atoms with Crippen LogP contribution in [0, 0.1) is 5.21 Å². The van der Waals surface area contributed by atoms with Crippen LogP contribution in [0.2, 0.25) is 0 Å². The van der Waals surface area contributed by atoms with E-state index in [2.05, 4.69) is 31.2 Å². The first-order valence-electron chi connectivity index (χ1n) is 9.65. The minimum absolute atomic E-state index is 0.0381. The third-order valence-electron chi connectivity index (χ3n) is 6.26. The van der Waals surface area contributed by atoms with Crippen molar-refractivity contribution in [1.29, 1.82) is 0 Å². The summed E-state index contributed by atoms with van der Waals surface area (Å²) < 4.78 is 5.09. The molecule has 0 fully saturated rings. The van der Waals surface area contributed by atoms with Crippen LogP contribution in [-0.4, -0.2) is 31.4 Å². The van der Waals surface area contributed by atoms with E-state index in [0.29, 0.717) is 12.4 Å². The minimum atomic E-state index is -0.680. The van der Waals surface area contributed by atoms with Crippen LogP contribution in [0.5, 0.6) is 0 Å².